The number of benzene rings is 2. The van der Waals surface area contributed by atoms with Crippen molar-refractivity contribution < 1.29 is 4.79 Å². The number of fused-ring (bicyclic) bond motifs is 1. The summed E-state index contributed by atoms with van der Waals surface area (Å²) in [5, 5.41) is 7.32. The Labute approximate surface area is 193 Å². The zero-order valence-electron chi connectivity index (χ0n) is 19.4. The van der Waals surface area contributed by atoms with Gasteiger partial charge >= 0.3 is 0 Å². The fourth-order valence-electron chi connectivity index (χ4n) is 4.27. The van der Waals surface area contributed by atoms with Crippen LogP contribution in [0.3, 0.4) is 0 Å². The fraction of sp³-hybridized carbons (Fsp3) is 0.360. The van der Waals surface area contributed by atoms with Gasteiger partial charge in [0, 0.05) is 10.9 Å². The average Bonchev–Trinajstić information content (AvgIpc) is 2.77. The Hall–Kier alpha value is -3.68. The molecule has 4 rings (SSSR count). The SMILES string of the molecule is Cc1ccc2nc(NC(=O)c3ccc(C)c(C)c3)nc(N[C@H]3CCCC[C@H]3N=C(N)N)c2c1. The second-order valence-electron chi connectivity index (χ2n) is 8.83. The number of amides is 1. The van der Waals surface area contributed by atoms with Crippen LogP contribution in [-0.2, 0) is 0 Å². The van der Waals surface area contributed by atoms with Crippen molar-refractivity contribution in [1.29, 1.82) is 0 Å². The highest BCUT2D eigenvalue weighted by Crippen LogP contribution is 2.29. The molecule has 6 N–H and O–H groups in total. The van der Waals surface area contributed by atoms with Gasteiger partial charge in [-0.15, -0.1) is 0 Å². The van der Waals surface area contributed by atoms with E-state index in [9.17, 15) is 4.79 Å². The van der Waals surface area contributed by atoms with Crippen molar-refractivity contribution in [1.82, 2.24) is 9.97 Å². The quantitative estimate of drug-likeness (QED) is 0.349. The molecule has 0 aliphatic heterocycles. The lowest BCUT2D eigenvalue weighted by molar-refractivity contribution is 0.102. The summed E-state index contributed by atoms with van der Waals surface area (Å²) in [6, 6.07) is 11.6. The molecule has 2 aromatic carbocycles. The molecule has 0 spiro atoms. The summed E-state index contributed by atoms with van der Waals surface area (Å²) in [5.41, 5.74) is 16.0. The van der Waals surface area contributed by atoms with Gasteiger partial charge in [-0.3, -0.25) is 10.1 Å². The highest BCUT2D eigenvalue weighted by Gasteiger charge is 2.26. The lowest BCUT2D eigenvalue weighted by Gasteiger charge is -2.30. The number of guanidine groups is 1. The van der Waals surface area contributed by atoms with Crippen LogP contribution in [0.2, 0.25) is 0 Å². The highest BCUT2D eigenvalue weighted by atomic mass is 16.1. The van der Waals surface area contributed by atoms with Crippen LogP contribution >= 0.6 is 0 Å². The summed E-state index contributed by atoms with van der Waals surface area (Å²) in [7, 11) is 0. The van der Waals surface area contributed by atoms with Gasteiger partial charge in [0.1, 0.15) is 5.82 Å². The molecular formula is C25H31N7O. The van der Waals surface area contributed by atoms with Gasteiger partial charge < -0.3 is 16.8 Å². The number of carbonyl (C=O) groups excluding carboxylic acids is 1. The van der Waals surface area contributed by atoms with Crippen molar-refractivity contribution in [3.8, 4) is 0 Å². The smallest absolute Gasteiger partial charge is 0.258 e. The zero-order valence-corrected chi connectivity index (χ0v) is 19.4. The molecule has 1 saturated carbocycles. The minimum Gasteiger partial charge on any atom is -0.370 e. The van der Waals surface area contributed by atoms with Crippen molar-refractivity contribution in [2.75, 3.05) is 10.6 Å². The summed E-state index contributed by atoms with van der Waals surface area (Å²) in [5.74, 6) is 0.776. The molecule has 0 saturated heterocycles. The first kappa shape index (κ1) is 22.5. The van der Waals surface area contributed by atoms with Crippen LogP contribution in [0, 0.1) is 20.8 Å². The third kappa shape index (κ3) is 5.22. The molecule has 8 heteroatoms. The molecule has 0 unspecified atom stereocenters. The van der Waals surface area contributed by atoms with Gasteiger partial charge in [0.2, 0.25) is 5.95 Å². The molecule has 2 atom stereocenters. The van der Waals surface area contributed by atoms with Crippen LogP contribution in [0.25, 0.3) is 10.9 Å². The largest absolute Gasteiger partial charge is 0.370 e. The molecule has 1 fully saturated rings. The molecular weight excluding hydrogens is 414 g/mol. The molecule has 1 aromatic heterocycles. The summed E-state index contributed by atoms with van der Waals surface area (Å²) in [6.45, 7) is 6.03. The Kier molecular flexibility index (Phi) is 6.44. The van der Waals surface area contributed by atoms with E-state index < -0.39 is 0 Å². The van der Waals surface area contributed by atoms with Crippen LogP contribution in [0.4, 0.5) is 11.8 Å². The predicted molar refractivity (Wildman–Crippen MR) is 134 cm³/mol. The highest BCUT2D eigenvalue weighted by molar-refractivity contribution is 6.04. The average molecular weight is 446 g/mol. The van der Waals surface area contributed by atoms with E-state index in [0.29, 0.717) is 11.4 Å². The number of nitrogens with one attached hydrogen (secondary N) is 2. The molecule has 172 valence electrons. The topological polar surface area (TPSA) is 131 Å². The molecule has 1 aliphatic carbocycles. The number of nitrogens with two attached hydrogens (primary N) is 2. The van der Waals surface area contributed by atoms with Gasteiger partial charge in [-0.05, 0) is 69.0 Å². The maximum absolute atomic E-state index is 12.9. The lowest BCUT2D eigenvalue weighted by Crippen LogP contribution is -2.38. The van der Waals surface area contributed by atoms with E-state index in [1.807, 2.05) is 57.2 Å². The number of anilines is 2. The van der Waals surface area contributed by atoms with Crippen LogP contribution < -0.4 is 22.1 Å². The number of rotatable bonds is 5. The van der Waals surface area contributed by atoms with E-state index in [2.05, 4.69) is 20.6 Å². The number of hydrogen-bond acceptors (Lipinski definition) is 5. The first-order chi connectivity index (χ1) is 15.8. The molecule has 0 radical (unpaired) electrons. The van der Waals surface area contributed by atoms with Crippen LogP contribution in [0.1, 0.15) is 52.7 Å². The van der Waals surface area contributed by atoms with Gasteiger partial charge in [0.25, 0.3) is 5.91 Å². The van der Waals surface area contributed by atoms with Gasteiger partial charge in [-0.25, -0.2) is 9.98 Å². The van der Waals surface area contributed by atoms with Crippen molar-refractivity contribution in [2.24, 2.45) is 16.5 Å². The van der Waals surface area contributed by atoms with Crippen LogP contribution in [0.15, 0.2) is 41.4 Å². The van der Waals surface area contributed by atoms with E-state index in [1.165, 1.54) is 0 Å². The summed E-state index contributed by atoms with van der Waals surface area (Å²) < 4.78 is 0. The number of aryl methyl sites for hydroxylation is 3. The van der Waals surface area contributed by atoms with Crippen molar-refractivity contribution in [2.45, 2.75) is 58.5 Å². The van der Waals surface area contributed by atoms with E-state index in [0.717, 1.165) is 53.3 Å². The molecule has 1 amide bonds. The van der Waals surface area contributed by atoms with Crippen molar-refractivity contribution >= 4 is 34.5 Å². The number of nitrogens with zero attached hydrogens (tertiary/aromatic N) is 3. The third-order valence-electron chi connectivity index (χ3n) is 6.21. The Bertz CT molecular complexity index is 1220. The number of hydrogen-bond donors (Lipinski definition) is 4. The van der Waals surface area contributed by atoms with E-state index in [-0.39, 0.29) is 29.9 Å². The second-order valence-corrected chi connectivity index (χ2v) is 8.83. The monoisotopic (exact) mass is 445 g/mol. The zero-order chi connectivity index (χ0) is 23.5. The molecule has 8 nitrogen and oxygen atoms in total. The first-order valence-electron chi connectivity index (χ1n) is 11.3. The Balaban J connectivity index is 1.68. The normalized spacial score (nSPS) is 18.0. The Morgan fingerprint density at radius 3 is 2.55 bits per heavy atom. The maximum Gasteiger partial charge on any atom is 0.258 e. The second kappa shape index (κ2) is 9.44. The molecule has 1 aliphatic rings. The van der Waals surface area contributed by atoms with E-state index >= 15 is 0 Å². The summed E-state index contributed by atoms with van der Waals surface area (Å²) in [4.78, 5) is 26.6. The minimum absolute atomic E-state index is 0.0212. The van der Waals surface area contributed by atoms with Gasteiger partial charge in [-0.2, -0.15) is 4.98 Å². The van der Waals surface area contributed by atoms with Gasteiger partial charge in [-0.1, -0.05) is 30.5 Å². The molecule has 33 heavy (non-hydrogen) atoms. The van der Waals surface area contributed by atoms with Crippen LogP contribution in [0.5, 0.6) is 0 Å². The Morgan fingerprint density at radius 2 is 1.79 bits per heavy atom. The van der Waals surface area contributed by atoms with Gasteiger partial charge in [0.05, 0.1) is 17.6 Å². The fourth-order valence-corrected chi connectivity index (χ4v) is 4.27. The first-order valence-corrected chi connectivity index (χ1v) is 11.3. The number of carbonyl (C=O) groups is 1. The van der Waals surface area contributed by atoms with Crippen molar-refractivity contribution in [3.63, 3.8) is 0 Å². The minimum atomic E-state index is -0.244. The molecule has 1 heterocycles. The standard InChI is InChI=1S/C25H31N7O/c1-14-8-11-19-18(12-14)22(28-20-6-4-5-7-21(20)29-24(26)27)31-25(30-19)32-23(33)17-10-9-15(2)16(3)13-17/h8-13,20-21H,4-7H2,1-3H3,(H4,26,27,29)(H2,28,30,31,32,33)/t20-,21+/m0/s1. The van der Waals surface area contributed by atoms with Gasteiger partial charge in [0.15, 0.2) is 5.96 Å². The molecule has 3 aromatic rings. The molecule has 0 bridgehead atoms. The summed E-state index contributed by atoms with van der Waals surface area (Å²) >= 11 is 0. The van der Waals surface area contributed by atoms with Crippen LogP contribution in [-0.4, -0.2) is 33.9 Å². The van der Waals surface area contributed by atoms with Crippen molar-refractivity contribution in [3.05, 3.63) is 58.7 Å². The third-order valence-corrected chi connectivity index (χ3v) is 6.21. The lowest BCUT2D eigenvalue weighted by atomic mass is 9.90. The summed E-state index contributed by atoms with van der Waals surface area (Å²) in [6.07, 6.45) is 4.02. The van der Waals surface area contributed by atoms with E-state index in [4.69, 9.17) is 16.5 Å². The predicted octanol–water partition coefficient (Wildman–Crippen LogP) is 3.80. The maximum atomic E-state index is 12.9. The Morgan fingerprint density at radius 1 is 1.00 bits per heavy atom. The number of aliphatic imine (C=N–C) groups is 1. The van der Waals surface area contributed by atoms with E-state index in [1.54, 1.807) is 0 Å². The number of aromatic nitrogens is 2.